The van der Waals surface area contributed by atoms with Crippen LogP contribution in [0.2, 0.25) is 0 Å². The van der Waals surface area contributed by atoms with Crippen LogP contribution in [0.25, 0.3) is 11.0 Å². The van der Waals surface area contributed by atoms with Crippen molar-refractivity contribution in [2.45, 2.75) is 45.6 Å². The highest BCUT2D eigenvalue weighted by Crippen LogP contribution is 2.27. The minimum absolute atomic E-state index is 0.0581. The van der Waals surface area contributed by atoms with Crippen LogP contribution in [-0.2, 0) is 0 Å². The van der Waals surface area contributed by atoms with Gasteiger partial charge in [0.05, 0.1) is 23.3 Å². The van der Waals surface area contributed by atoms with Crippen LogP contribution in [0.15, 0.2) is 18.3 Å². The number of hydrogen-bond acceptors (Lipinski definition) is 5. The predicted molar refractivity (Wildman–Crippen MR) is 87.3 cm³/mol. The van der Waals surface area contributed by atoms with Gasteiger partial charge in [-0.2, -0.15) is 0 Å². The average Bonchev–Trinajstić information content (AvgIpc) is 2.44. The largest absolute Gasteiger partial charge is 0.394 e. The Morgan fingerprint density at radius 1 is 1.38 bits per heavy atom. The number of aryl methyl sites for hydroxylation is 1. The van der Waals surface area contributed by atoms with E-state index in [2.05, 4.69) is 22.2 Å². The van der Waals surface area contributed by atoms with E-state index in [9.17, 15) is 5.11 Å². The van der Waals surface area contributed by atoms with Gasteiger partial charge in [-0.1, -0.05) is 19.8 Å². The van der Waals surface area contributed by atoms with E-state index in [1.54, 1.807) is 6.07 Å². The van der Waals surface area contributed by atoms with Crippen LogP contribution < -0.4 is 11.1 Å². The van der Waals surface area contributed by atoms with Gasteiger partial charge in [-0.05, 0) is 31.9 Å². The summed E-state index contributed by atoms with van der Waals surface area (Å²) in [6.45, 7) is 6.19. The van der Waals surface area contributed by atoms with Crippen molar-refractivity contribution < 1.29 is 5.11 Å². The van der Waals surface area contributed by atoms with Gasteiger partial charge in [0.2, 0.25) is 0 Å². The van der Waals surface area contributed by atoms with Crippen molar-refractivity contribution in [2.75, 3.05) is 17.7 Å². The van der Waals surface area contributed by atoms with E-state index in [0.29, 0.717) is 5.82 Å². The number of nitrogens with zero attached hydrogens (tertiary/aromatic N) is 2. The Kier molecular flexibility index (Phi) is 4.63. The number of aliphatic hydroxyl groups excluding tert-OH is 1. The molecule has 0 fully saturated rings. The number of nitrogen functional groups attached to an aromatic ring is 1. The lowest BCUT2D eigenvalue weighted by molar-refractivity contribution is 0.212. The predicted octanol–water partition coefficient (Wildman–Crippen LogP) is 2.87. The van der Waals surface area contributed by atoms with Crippen molar-refractivity contribution >= 4 is 22.5 Å². The molecule has 5 heteroatoms. The zero-order valence-electron chi connectivity index (χ0n) is 13.0. The number of unbranched alkanes of at least 4 members (excludes halogenated alkanes) is 1. The molecule has 0 aliphatic rings. The maximum Gasteiger partial charge on any atom is 0.126 e. The summed E-state index contributed by atoms with van der Waals surface area (Å²) in [6.07, 6.45) is 4.84. The quantitative estimate of drug-likeness (QED) is 0.761. The van der Waals surface area contributed by atoms with E-state index in [1.807, 2.05) is 26.1 Å². The molecule has 4 N–H and O–H groups in total. The average molecular weight is 288 g/mol. The molecular formula is C16H24N4O. The minimum atomic E-state index is -0.386. The Balaban J connectivity index is 2.41. The molecule has 0 aliphatic heterocycles. The van der Waals surface area contributed by atoms with E-state index >= 15 is 0 Å². The van der Waals surface area contributed by atoms with Crippen molar-refractivity contribution in [3.8, 4) is 0 Å². The molecule has 2 aromatic heterocycles. The molecule has 2 heterocycles. The molecule has 1 atom stereocenters. The van der Waals surface area contributed by atoms with E-state index < -0.39 is 0 Å². The van der Waals surface area contributed by atoms with Gasteiger partial charge >= 0.3 is 0 Å². The van der Waals surface area contributed by atoms with E-state index in [1.165, 1.54) is 0 Å². The maximum absolute atomic E-state index is 9.73. The number of aliphatic hydroxyl groups is 1. The standard InChI is InChI=1S/C16H24N4O/c1-4-5-6-16(3,10-21)20-13-8-14(17)19-12-7-11(2)9-18-15(12)13/h7-9,21H,4-6,10H2,1-3H3,(H3,17,19,20)/t16-/m1/s1. The van der Waals surface area contributed by atoms with Crippen molar-refractivity contribution in [1.29, 1.82) is 0 Å². The number of hydrogen-bond donors (Lipinski definition) is 3. The fourth-order valence-electron chi connectivity index (χ4n) is 2.40. The highest BCUT2D eigenvalue weighted by Gasteiger charge is 2.23. The minimum Gasteiger partial charge on any atom is -0.394 e. The molecule has 2 rings (SSSR count). The monoisotopic (exact) mass is 288 g/mol. The second-order valence-electron chi connectivity index (χ2n) is 5.92. The van der Waals surface area contributed by atoms with Gasteiger partial charge in [-0.3, -0.25) is 4.98 Å². The molecule has 0 bridgehead atoms. The van der Waals surface area contributed by atoms with Crippen LogP contribution in [0.5, 0.6) is 0 Å². The molecule has 0 saturated carbocycles. The number of nitrogens with one attached hydrogen (secondary N) is 1. The normalized spacial score (nSPS) is 14.1. The highest BCUT2D eigenvalue weighted by atomic mass is 16.3. The lowest BCUT2D eigenvalue weighted by Gasteiger charge is -2.30. The first-order valence-corrected chi connectivity index (χ1v) is 7.39. The Hall–Kier alpha value is -1.88. The van der Waals surface area contributed by atoms with Crippen molar-refractivity contribution in [3.63, 3.8) is 0 Å². The van der Waals surface area contributed by atoms with E-state index in [0.717, 1.165) is 41.5 Å². The molecule has 0 amide bonds. The smallest absolute Gasteiger partial charge is 0.126 e. The number of aromatic nitrogens is 2. The summed E-state index contributed by atoms with van der Waals surface area (Å²) in [5.41, 5.74) is 8.93. The molecule has 2 aromatic rings. The van der Waals surface area contributed by atoms with Gasteiger partial charge in [-0.15, -0.1) is 0 Å². The summed E-state index contributed by atoms with van der Waals surface area (Å²) in [4.78, 5) is 8.79. The lowest BCUT2D eigenvalue weighted by atomic mass is 9.95. The molecule has 114 valence electrons. The number of nitrogens with two attached hydrogens (primary N) is 1. The lowest BCUT2D eigenvalue weighted by Crippen LogP contribution is -2.38. The third kappa shape index (κ3) is 3.61. The topological polar surface area (TPSA) is 84.1 Å². The number of pyridine rings is 2. The van der Waals surface area contributed by atoms with Crippen LogP contribution in [0.1, 0.15) is 38.7 Å². The Morgan fingerprint density at radius 3 is 2.81 bits per heavy atom. The Morgan fingerprint density at radius 2 is 2.14 bits per heavy atom. The third-order valence-electron chi connectivity index (χ3n) is 3.67. The Labute approximate surface area is 125 Å². The van der Waals surface area contributed by atoms with Crippen LogP contribution in [-0.4, -0.2) is 27.2 Å². The molecule has 0 spiro atoms. The second kappa shape index (κ2) is 6.26. The van der Waals surface area contributed by atoms with E-state index in [4.69, 9.17) is 5.73 Å². The summed E-state index contributed by atoms with van der Waals surface area (Å²) in [7, 11) is 0. The molecule has 21 heavy (non-hydrogen) atoms. The Bertz CT molecular complexity index is 624. The molecule has 0 aliphatic carbocycles. The zero-order valence-corrected chi connectivity index (χ0v) is 13.0. The zero-order chi connectivity index (χ0) is 15.5. The fourth-order valence-corrected chi connectivity index (χ4v) is 2.40. The van der Waals surface area contributed by atoms with Gasteiger partial charge in [0.1, 0.15) is 11.3 Å². The van der Waals surface area contributed by atoms with Crippen LogP contribution in [0.3, 0.4) is 0 Å². The summed E-state index contributed by atoms with van der Waals surface area (Å²) < 4.78 is 0. The first-order chi connectivity index (χ1) is 9.97. The van der Waals surface area contributed by atoms with Crippen molar-refractivity contribution in [2.24, 2.45) is 0 Å². The van der Waals surface area contributed by atoms with Gasteiger partial charge in [0.25, 0.3) is 0 Å². The van der Waals surface area contributed by atoms with Crippen LogP contribution >= 0.6 is 0 Å². The summed E-state index contributed by atoms with van der Waals surface area (Å²) in [6, 6.07) is 3.75. The maximum atomic E-state index is 9.73. The number of anilines is 2. The van der Waals surface area contributed by atoms with Crippen molar-refractivity contribution in [1.82, 2.24) is 9.97 Å². The summed E-state index contributed by atoms with van der Waals surface area (Å²) in [5.74, 6) is 0.452. The SMILES string of the molecule is CCCC[C@](C)(CO)Nc1cc(N)nc2cc(C)cnc12. The fraction of sp³-hybridized carbons (Fsp3) is 0.500. The van der Waals surface area contributed by atoms with E-state index in [-0.39, 0.29) is 12.1 Å². The van der Waals surface area contributed by atoms with Crippen LogP contribution in [0.4, 0.5) is 11.5 Å². The van der Waals surface area contributed by atoms with Crippen LogP contribution in [0, 0.1) is 6.92 Å². The molecule has 0 saturated heterocycles. The molecule has 0 unspecified atom stereocenters. The van der Waals surface area contributed by atoms with Crippen molar-refractivity contribution in [3.05, 3.63) is 23.9 Å². The highest BCUT2D eigenvalue weighted by molar-refractivity contribution is 5.89. The molecule has 0 radical (unpaired) electrons. The second-order valence-corrected chi connectivity index (χ2v) is 5.92. The van der Waals surface area contributed by atoms with Gasteiger partial charge in [0, 0.05) is 12.3 Å². The molecule has 0 aromatic carbocycles. The number of fused-ring (bicyclic) bond motifs is 1. The summed E-state index contributed by atoms with van der Waals surface area (Å²) >= 11 is 0. The number of rotatable bonds is 6. The molecule has 5 nitrogen and oxygen atoms in total. The molecular weight excluding hydrogens is 264 g/mol. The first-order valence-electron chi connectivity index (χ1n) is 7.39. The van der Waals surface area contributed by atoms with Gasteiger partial charge in [0.15, 0.2) is 0 Å². The van der Waals surface area contributed by atoms with Gasteiger partial charge < -0.3 is 16.2 Å². The third-order valence-corrected chi connectivity index (χ3v) is 3.67. The first kappa shape index (κ1) is 15.5. The summed E-state index contributed by atoms with van der Waals surface area (Å²) in [5, 5.41) is 13.1. The van der Waals surface area contributed by atoms with Gasteiger partial charge in [-0.25, -0.2) is 4.98 Å².